The molecule has 142 valence electrons. The van der Waals surface area contributed by atoms with Crippen molar-refractivity contribution in [2.45, 2.75) is 30.5 Å². The van der Waals surface area contributed by atoms with E-state index in [1.165, 1.54) is 18.4 Å². The lowest BCUT2D eigenvalue weighted by Crippen LogP contribution is -2.22. The highest BCUT2D eigenvalue weighted by Gasteiger charge is 2.30. The maximum absolute atomic E-state index is 12.7. The van der Waals surface area contributed by atoms with E-state index in [0.717, 1.165) is 23.9 Å². The zero-order valence-electron chi connectivity index (χ0n) is 14.2. The van der Waals surface area contributed by atoms with Crippen LogP contribution in [0.25, 0.3) is 11.5 Å². The van der Waals surface area contributed by atoms with Crippen LogP contribution in [0.1, 0.15) is 18.2 Å². The van der Waals surface area contributed by atoms with Crippen LogP contribution in [0.15, 0.2) is 50.7 Å². The number of hydrogen-bond acceptors (Lipinski definition) is 6. The van der Waals surface area contributed by atoms with Gasteiger partial charge in [0.25, 0.3) is 11.1 Å². The van der Waals surface area contributed by atoms with Crippen molar-refractivity contribution >= 4 is 23.4 Å². The number of carbonyl (C=O) groups excluding carboxylic acids is 1. The number of nitrogens with zero attached hydrogens (tertiary/aromatic N) is 2. The maximum atomic E-state index is 12.7. The van der Waals surface area contributed by atoms with Crippen LogP contribution in [-0.2, 0) is 11.0 Å². The monoisotopic (exact) mass is 397 g/mol. The molecule has 1 atom stereocenters. The highest BCUT2D eigenvalue weighted by atomic mass is 32.2. The molecule has 3 rings (SSSR count). The number of amides is 1. The molecule has 0 saturated heterocycles. The average molecular weight is 397 g/mol. The Balaban J connectivity index is 1.65. The van der Waals surface area contributed by atoms with Gasteiger partial charge in [-0.15, -0.1) is 10.2 Å². The van der Waals surface area contributed by atoms with E-state index in [1.54, 1.807) is 19.9 Å². The molecule has 27 heavy (non-hydrogen) atoms. The SMILES string of the molecule is Cc1occc1-c1nnc(SC(C)C(=O)Nc2cccc(C(F)(F)F)c2)o1. The lowest BCUT2D eigenvalue weighted by Gasteiger charge is -2.12. The first-order valence-electron chi connectivity index (χ1n) is 7.77. The van der Waals surface area contributed by atoms with E-state index in [-0.39, 0.29) is 16.8 Å². The van der Waals surface area contributed by atoms with Gasteiger partial charge in [-0.25, -0.2) is 0 Å². The lowest BCUT2D eigenvalue weighted by molar-refractivity contribution is -0.137. The number of furan rings is 1. The first-order chi connectivity index (χ1) is 12.7. The number of alkyl halides is 3. The van der Waals surface area contributed by atoms with E-state index in [0.29, 0.717) is 11.3 Å². The normalized spacial score (nSPS) is 12.8. The summed E-state index contributed by atoms with van der Waals surface area (Å²) in [6.45, 7) is 3.33. The fraction of sp³-hybridized carbons (Fsp3) is 0.235. The Morgan fingerprint density at radius 3 is 2.70 bits per heavy atom. The Morgan fingerprint density at radius 2 is 2.04 bits per heavy atom. The van der Waals surface area contributed by atoms with Crippen molar-refractivity contribution in [1.29, 1.82) is 0 Å². The lowest BCUT2D eigenvalue weighted by atomic mass is 10.2. The number of nitrogens with one attached hydrogen (secondary N) is 1. The van der Waals surface area contributed by atoms with E-state index < -0.39 is 22.9 Å². The van der Waals surface area contributed by atoms with Crippen LogP contribution >= 0.6 is 11.8 Å². The average Bonchev–Trinajstić information content (AvgIpc) is 3.23. The number of aryl methyl sites for hydroxylation is 1. The van der Waals surface area contributed by atoms with Gasteiger partial charge in [-0.3, -0.25) is 4.79 Å². The zero-order chi connectivity index (χ0) is 19.6. The summed E-state index contributed by atoms with van der Waals surface area (Å²) in [4.78, 5) is 12.2. The molecule has 1 aromatic carbocycles. The van der Waals surface area contributed by atoms with Gasteiger partial charge in [0.15, 0.2) is 0 Å². The van der Waals surface area contributed by atoms with Gasteiger partial charge in [-0.2, -0.15) is 13.2 Å². The van der Waals surface area contributed by atoms with Crippen molar-refractivity contribution in [2.75, 3.05) is 5.32 Å². The topological polar surface area (TPSA) is 81.2 Å². The number of thioether (sulfide) groups is 1. The number of aromatic nitrogens is 2. The Kier molecular flexibility index (Phi) is 5.26. The van der Waals surface area contributed by atoms with E-state index >= 15 is 0 Å². The molecule has 0 saturated carbocycles. The molecule has 2 aromatic heterocycles. The predicted molar refractivity (Wildman–Crippen MR) is 92.1 cm³/mol. The van der Waals surface area contributed by atoms with E-state index in [1.807, 2.05) is 0 Å². The van der Waals surface area contributed by atoms with E-state index in [4.69, 9.17) is 8.83 Å². The van der Waals surface area contributed by atoms with Crippen LogP contribution < -0.4 is 5.32 Å². The number of rotatable bonds is 5. The van der Waals surface area contributed by atoms with Crippen molar-refractivity contribution in [3.63, 3.8) is 0 Å². The molecule has 0 radical (unpaired) electrons. The standard InChI is InChI=1S/C17H14F3N3O3S/c1-9-13(6-7-25-9)15-22-23-16(26-15)27-10(2)14(24)21-12-5-3-4-11(8-12)17(18,19)20/h3-8,10H,1-2H3,(H,21,24). The Labute approximate surface area is 156 Å². The van der Waals surface area contributed by atoms with Crippen molar-refractivity contribution < 1.29 is 26.8 Å². The molecule has 6 nitrogen and oxygen atoms in total. The van der Waals surface area contributed by atoms with Crippen LogP contribution in [-0.4, -0.2) is 21.4 Å². The van der Waals surface area contributed by atoms with Gasteiger partial charge < -0.3 is 14.2 Å². The molecule has 0 bridgehead atoms. The third-order valence-electron chi connectivity index (χ3n) is 3.60. The third-order valence-corrected chi connectivity index (χ3v) is 4.53. The van der Waals surface area contributed by atoms with Gasteiger partial charge in [0.1, 0.15) is 5.76 Å². The van der Waals surface area contributed by atoms with Crippen LogP contribution in [0.5, 0.6) is 0 Å². The molecule has 0 aliphatic carbocycles. The minimum Gasteiger partial charge on any atom is -0.469 e. The summed E-state index contributed by atoms with van der Waals surface area (Å²) in [5.41, 5.74) is -0.129. The van der Waals surface area contributed by atoms with E-state index in [9.17, 15) is 18.0 Å². The third kappa shape index (κ3) is 4.51. The van der Waals surface area contributed by atoms with Crippen LogP contribution in [0.4, 0.5) is 18.9 Å². The first kappa shape index (κ1) is 19.0. The molecular weight excluding hydrogens is 383 g/mol. The fourth-order valence-electron chi connectivity index (χ4n) is 2.19. The summed E-state index contributed by atoms with van der Waals surface area (Å²) >= 11 is 0.999. The minimum atomic E-state index is -4.48. The molecule has 0 spiro atoms. The van der Waals surface area contributed by atoms with Crippen LogP contribution in [0.3, 0.4) is 0 Å². The molecule has 2 heterocycles. The van der Waals surface area contributed by atoms with Gasteiger partial charge in [0.2, 0.25) is 5.91 Å². The van der Waals surface area contributed by atoms with Crippen LogP contribution in [0.2, 0.25) is 0 Å². The largest absolute Gasteiger partial charge is 0.469 e. The van der Waals surface area contributed by atoms with Gasteiger partial charge in [0, 0.05) is 5.69 Å². The number of halogens is 3. The Bertz CT molecular complexity index is 952. The number of benzene rings is 1. The van der Waals surface area contributed by atoms with Crippen molar-refractivity contribution in [3.05, 3.63) is 47.9 Å². The minimum absolute atomic E-state index is 0.0579. The summed E-state index contributed by atoms with van der Waals surface area (Å²) in [6, 6.07) is 6.11. The highest BCUT2D eigenvalue weighted by Crippen LogP contribution is 2.31. The molecule has 10 heteroatoms. The predicted octanol–water partition coefficient (Wildman–Crippen LogP) is 4.78. The highest BCUT2D eigenvalue weighted by molar-refractivity contribution is 8.00. The molecule has 0 aliphatic heterocycles. The van der Waals surface area contributed by atoms with E-state index in [2.05, 4.69) is 15.5 Å². The summed E-state index contributed by atoms with van der Waals surface area (Å²) < 4.78 is 48.9. The molecule has 3 aromatic rings. The van der Waals surface area contributed by atoms with Crippen LogP contribution in [0, 0.1) is 6.92 Å². The molecule has 1 amide bonds. The second-order valence-electron chi connectivity index (χ2n) is 5.59. The van der Waals surface area contributed by atoms with Gasteiger partial charge in [-0.1, -0.05) is 17.8 Å². The second kappa shape index (κ2) is 7.47. The molecule has 1 unspecified atom stereocenters. The zero-order valence-corrected chi connectivity index (χ0v) is 15.0. The van der Waals surface area contributed by atoms with Gasteiger partial charge in [-0.05, 0) is 38.1 Å². The summed E-state index contributed by atoms with van der Waals surface area (Å²) in [6.07, 6.45) is -2.99. The summed E-state index contributed by atoms with van der Waals surface area (Å²) in [7, 11) is 0. The smallest absolute Gasteiger partial charge is 0.416 e. The molecule has 0 aliphatic rings. The maximum Gasteiger partial charge on any atom is 0.416 e. The number of carbonyl (C=O) groups is 1. The number of anilines is 1. The first-order valence-corrected chi connectivity index (χ1v) is 8.65. The molecular formula is C17H14F3N3O3S. The second-order valence-corrected chi connectivity index (χ2v) is 6.88. The number of hydrogen-bond donors (Lipinski definition) is 1. The Hall–Kier alpha value is -2.75. The van der Waals surface area contributed by atoms with Crippen molar-refractivity contribution in [2.24, 2.45) is 0 Å². The fourth-order valence-corrected chi connectivity index (χ4v) is 2.88. The summed E-state index contributed by atoms with van der Waals surface area (Å²) in [5, 5.41) is 9.71. The molecule has 0 fully saturated rings. The Morgan fingerprint density at radius 1 is 1.26 bits per heavy atom. The molecule has 1 N–H and O–H groups in total. The van der Waals surface area contributed by atoms with Gasteiger partial charge in [0.05, 0.1) is 22.6 Å². The van der Waals surface area contributed by atoms with Crippen molar-refractivity contribution in [1.82, 2.24) is 10.2 Å². The van der Waals surface area contributed by atoms with Crippen molar-refractivity contribution in [3.8, 4) is 11.5 Å². The summed E-state index contributed by atoms with van der Waals surface area (Å²) in [5.74, 6) is 0.387. The van der Waals surface area contributed by atoms with Gasteiger partial charge >= 0.3 is 6.18 Å². The quantitative estimate of drug-likeness (QED) is 0.624.